The van der Waals surface area contributed by atoms with E-state index >= 15 is 0 Å². The highest BCUT2D eigenvalue weighted by Crippen LogP contribution is 2.29. The van der Waals surface area contributed by atoms with E-state index < -0.39 is 0 Å². The SMILES string of the molecule is O=C(Cn1ccnc1)N1C[C@@H]2CC[C@H](C1)N(Cc1ccccc1)C2. The molecule has 3 aliphatic heterocycles. The molecule has 5 heteroatoms. The number of fused-ring (bicyclic) bond motifs is 4. The number of hydrogen-bond acceptors (Lipinski definition) is 3. The molecule has 1 amide bonds. The average molecular weight is 324 g/mol. The minimum Gasteiger partial charge on any atom is -0.339 e. The van der Waals surface area contributed by atoms with E-state index in [2.05, 4.69) is 45.1 Å². The fraction of sp³-hybridized carbons (Fsp3) is 0.474. The maximum Gasteiger partial charge on any atom is 0.242 e. The minimum atomic E-state index is 0.214. The summed E-state index contributed by atoms with van der Waals surface area (Å²) in [6.45, 7) is 4.25. The quantitative estimate of drug-likeness (QED) is 0.864. The summed E-state index contributed by atoms with van der Waals surface area (Å²) >= 11 is 0. The van der Waals surface area contributed by atoms with Gasteiger partial charge in [-0.1, -0.05) is 30.3 Å². The Morgan fingerprint density at radius 2 is 2.00 bits per heavy atom. The lowest BCUT2D eigenvalue weighted by molar-refractivity contribution is -0.132. The first-order valence-corrected chi connectivity index (χ1v) is 8.79. The molecule has 0 N–H and O–H groups in total. The lowest BCUT2D eigenvalue weighted by atomic mass is 9.94. The number of amides is 1. The smallest absolute Gasteiger partial charge is 0.242 e. The maximum absolute atomic E-state index is 12.7. The highest BCUT2D eigenvalue weighted by molar-refractivity contribution is 5.76. The van der Waals surface area contributed by atoms with Gasteiger partial charge in [0.1, 0.15) is 6.54 Å². The van der Waals surface area contributed by atoms with Crippen LogP contribution in [0.25, 0.3) is 0 Å². The number of carbonyl (C=O) groups excluding carboxylic acids is 1. The largest absolute Gasteiger partial charge is 0.339 e. The Morgan fingerprint density at radius 1 is 1.12 bits per heavy atom. The molecule has 0 spiro atoms. The molecule has 0 saturated carbocycles. The number of benzene rings is 1. The van der Waals surface area contributed by atoms with Gasteiger partial charge >= 0.3 is 0 Å². The van der Waals surface area contributed by atoms with Crippen LogP contribution in [0.3, 0.4) is 0 Å². The van der Waals surface area contributed by atoms with Crippen LogP contribution in [0.4, 0.5) is 0 Å². The van der Waals surface area contributed by atoms with E-state index in [0.717, 1.165) is 26.2 Å². The third-order valence-corrected chi connectivity index (χ3v) is 5.29. The summed E-state index contributed by atoms with van der Waals surface area (Å²) in [6, 6.07) is 11.1. The van der Waals surface area contributed by atoms with Gasteiger partial charge in [-0.2, -0.15) is 0 Å². The number of imidazole rings is 1. The van der Waals surface area contributed by atoms with Crippen molar-refractivity contribution in [1.29, 1.82) is 0 Å². The van der Waals surface area contributed by atoms with E-state index in [1.807, 2.05) is 10.8 Å². The standard InChI is InChI=1S/C19H24N4O/c24-19(14-21-9-8-20-15-21)23-12-17-6-7-18(13-23)22(11-17)10-16-4-2-1-3-5-16/h1-5,8-9,15,17-18H,6-7,10-14H2/t17-,18-/m1/s1. The summed E-state index contributed by atoms with van der Waals surface area (Å²) in [6.07, 6.45) is 7.73. The average Bonchev–Trinajstić information content (AvgIpc) is 2.93. The predicted octanol–water partition coefficient (Wildman–Crippen LogP) is 2.01. The number of aromatic nitrogens is 2. The zero-order chi connectivity index (χ0) is 16.4. The summed E-state index contributed by atoms with van der Waals surface area (Å²) in [5, 5.41) is 0. The van der Waals surface area contributed by atoms with Crippen LogP contribution in [0.1, 0.15) is 18.4 Å². The Morgan fingerprint density at radius 3 is 2.79 bits per heavy atom. The van der Waals surface area contributed by atoms with E-state index in [1.54, 1.807) is 12.5 Å². The predicted molar refractivity (Wildman–Crippen MR) is 92.2 cm³/mol. The molecule has 3 fully saturated rings. The first-order chi connectivity index (χ1) is 11.8. The molecule has 2 bridgehead atoms. The molecular weight excluding hydrogens is 300 g/mol. The number of nitrogens with zero attached hydrogens (tertiary/aromatic N) is 4. The molecule has 0 aliphatic carbocycles. The molecule has 2 atom stereocenters. The second-order valence-electron chi connectivity index (χ2n) is 7.05. The topological polar surface area (TPSA) is 41.4 Å². The van der Waals surface area contributed by atoms with Crippen molar-refractivity contribution in [3.63, 3.8) is 0 Å². The highest BCUT2D eigenvalue weighted by Gasteiger charge is 2.36. The first-order valence-electron chi connectivity index (χ1n) is 8.79. The summed E-state index contributed by atoms with van der Waals surface area (Å²) in [5.74, 6) is 0.811. The molecule has 2 aromatic rings. The Hall–Kier alpha value is -2.14. The summed E-state index contributed by atoms with van der Waals surface area (Å²) in [4.78, 5) is 21.3. The van der Waals surface area contributed by atoms with Gasteiger partial charge in [0, 0.05) is 44.6 Å². The van der Waals surface area contributed by atoms with Gasteiger partial charge in [0.25, 0.3) is 0 Å². The third kappa shape index (κ3) is 3.36. The van der Waals surface area contributed by atoms with E-state index in [4.69, 9.17) is 0 Å². The Bertz CT molecular complexity index is 670. The van der Waals surface area contributed by atoms with E-state index in [0.29, 0.717) is 18.5 Å². The Kier molecular flexibility index (Phi) is 4.34. The van der Waals surface area contributed by atoms with Crippen molar-refractivity contribution in [2.45, 2.75) is 32.0 Å². The maximum atomic E-state index is 12.7. The lowest BCUT2D eigenvalue weighted by Gasteiger charge is -2.36. The first kappa shape index (κ1) is 15.4. The van der Waals surface area contributed by atoms with Crippen LogP contribution >= 0.6 is 0 Å². The summed E-state index contributed by atoms with van der Waals surface area (Å²) < 4.78 is 1.86. The van der Waals surface area contributed by atoms with Crippen molar-refractivity contribution >= 4 is 5.91 Å². The minimum absolute atomic E-state index is 0.214. The zero-order valence-corrected chi connectivity index (χ0v) is 13.9. The molecule has 0 unspecified atom stereocenters. The molecular formula is C19H24N4O. The summed E-state index contributed by atoms with van der Waals surface area (Å²) in [7, 11) is 0. The van der Waals surface area contributed by atoms with Crippen molar-refractivity contribution in [3.8, 4) is 0 Å². The fourth-order valence-corrected chi connectivity index (χ4v) is 4.03. The third-order valence-electron chi connectivity index (χ3n) is 5.29. The van der Waals surface area contributed by atoms with E-state index in [9.17, 15) is 4.79 Å². The van der Waals surface area contributed by atoms with Gasteiger partial charge in [-0.3, -0.25) is 9.69 Å². The van der Waals surface area contributed by atoms with Gasteiger partial charge in [0.2, 0.25) is 5.91 Å². The molecule has 5 nitrogen and oxygen atoms in total. The molecule has 126 valence electrons. The van der Waals surface area contributed by atoms with Gasteiger partial charge in [-0.05, 0) is 24.3 Å². The summed E-state index contributed by atoms with van der Waals surface area (Å²) in [5.41, 5.74) is 1.36. The molecule has 1 aromatic heterocycles. The van der Waals surface area contributed by atoms with Crippen LogP contribution in [0.15, 0.2) is 49.1 Å². The van der Waals surface area contributed by atoms with E-state index in [-0.39, 0.29) is 5.91 Å². The van der Waals surface area contributed by atoms with E-state index in [1.165, 1.54) is 18.4 Å². The molecule has 5 rings (SSSR count). The van der Waals surface area contributed by atoms with Crippen molar-refractivity contribution in [2.75, 3.05) is 19.6 Å². The molecule has 3 aliphatic rings. The van der Waals surface area contributed by atoms with Gasteiger partial charge in [0.15, 0.2) is 0 Å². The Labute approximate surface area is 142 Å². The number of piperidine rings is 1. The van der Waals surface area contributed by atoms with Crippen LogP contribution in [-0.4, -0.2) is 50.9 Å². The Balaban J connectivity index is 1.43. The van der Waals surface area contributed by atoms with Gasteiger partial charge < -0.3 is 9.47 Å². The van der Waals surface area contributed by atoms with Gasteiger partial charge in [0.05, 0.1) is 6.33 Å². The van der Waals surface area contributed by atoms with Crippen molar-refractivity contribution < 1.29 is 4.79 Å². The van der Waals surface area contributed by atoms with Crippen molar-refractivity contribution in [3.05, 3.63) is 54.6 Å². The van der Waals surface area contributed by atoms with Gasteiger partial charge in [-0.15, -0.1) is 0 Å². The van der Waals surface area contributed by atoms with Gasteiger partial charge in [-0.25, -0.2) is 4.98 Å². The van der Waals surface area contributed by atoms with Crippen LogP contribution < -0.4 is 0 Å². The van der Waals surface area contributed by atoms with Crippen molar-refractivity contribution in [2.24, 2.45) is 5.92 Å². The number of rotatable bonds is 4. The number of hydrogen-bond donors (Lipinski definition) is 0. The molecule has 1 aromatic carbocycles. The second kappa shape index (κ2) is 6.77. The van der Waals surface area contributed by atoms with Crippen LogP contribution in [0.2, 0.25) is 0 Å². The molecule has 24 heavy (non-hydrogen) atoms. The lowest BCUT2D eigenvalue weighted by Crippen LogP contribution is -2.44. The van der Waals surface area contributed by atoms with Crippen LogP contribution in [0, 0.1) is 5.92 Å². The fourth-order valence-electron chi connectivity index (χ4n) is 4.03. The highest BCUT2D eigenvalue weighted by atomic mass is 16.2. The zero-order valence-electron chi connectivity index (χ0n) is 13.9. The van der Waals surface area contributed by atoms with Crippen LogP contribution in [-0.2, 0) is 17.9 Å². The van der Waals surface area contributed by atoms with Crippen molar-refractivity contribution in [1.82, 2.24) is 19.4 Å². The molecule has 0 radical (unpaired) electrons. The molecule has 3 saturated heterocycles. The monoisotopic (exact) mass is 324 g/mol. The number of carbonyl (C=O) groups is 1. The normalized spacial score (nSPS) is 24.1. The molecule has 4 heterocycles. The second-order valence-corrected chi connectivity index (χ2v) is 7.05. The van der Waals surface area contributed by atoms with Crippen LogP contribution in [0.5, 0.6) is 0 Å².